The molecule has 0 radical (unpaired) electrons. The Labute approximate surface area is 109 Å². The van der Waals surface area contributed by atoms with Crippen LogP contribution in [-0.4, -0.2) is 29.3 Å². The third-order valence-electron chi connectivity index (χ3n) is 3.43. The summed E-state index contributed by atoms with van der Waals surface area (Å²) < 4.78 is 3.79. The lowest BCUT2D eigenvalue weighted by atomic mass is 10.2. The van der Waals surface area contributed by atoms with Crippen molar-refractivity contribution in [1.82, 2.24) is 29.3 Å². The maximum absolute atomic E-state index is 5.84. The molecule has 3 aromatic heterocycles. The molecular weight excluding hydrogens is 242 g/mol. The zero-order valence-electron chi connectivity index (χ0n) is 10.5. The van der Waals surface area contributed by atoms with Gasteiger partial charge in [0.25, 0.3) is 0 Å². The van der Waals surface area contributed by atoms with E-state index >= 15 is 0 Å². The minimum atomic E-state index is 0.350. The molecule has 0 amide bonds. The SMILES string of the molecule is Cc1cncc2nc(-n3ncnc3N)n(C3CC3)c12. The predicted octanol–water partition coefficient (Wildman–Crippen LogP) is 1.24. The number of anilines is 1. The number of fused-ring (bicyclic) bond motifs is 1. The Kier molecular flexibility index (Phi) is 1.95. The van der Waals surface area contributed by atoms with Crippen LogP contribution in [0.15, 0.2) is 18.7 Å². The van der Waals surface area contributed by atoms with Crippen molar-refractivity contribution in [2.45, 2.75) is 25.8 Å². The number of pyridine rings is 1. The van der Waals surface area contributed by atoms with E-state index in [4.69, 9.17) is 5.73 Å². The van der Waals surface area contributed by atoms with E-state index < -0.39 is 0 Å². The van der Waals surface area contributed by atoms with Crippen LogP contribution in [-0.2, 0) is 0 Å². The highest BCUT2D eigenvalue weighted by atomic mass is 15.4. The molecule has 1 aliphatic carbocycles. The van der Waals surface area contributed by atoms with Gasteiger partial charge in [-0.15, -0.1) is 0 Å². The number of nitrogens with two attached hydrogens (primary N) is 1. The number of hydrogen-bond acceptors (Lipinski definition) is 5. The highest BCUT2D eigenvalue weighted by Gasteiger charge is 2.30. The number of aromatic nitrogens is 6. The van der Waals surface area contributed by atoms with E-state index in [2.05, 4.69) is 24.6 Å². The van der Waals surface area contributed by atoms with Crippen LogP contribution < -0.4 is 5.73 Å². The van der Waals surface area contributed by atoms with Gasteiger partial charge in [0.2, 0.25) is 11.9 Å². The first-order chi connectivity index (χ1) is 9.25. The van der Waals surface area contributed by atoms with Crippen LogP contribution in [0.5, 0.6) is 0 Å². The van der Waals surface area contributed by atoms with Crippen molar-refractivity contribution in [2.75, 3.05) is 5.73 Å². The molecule has 0 bridgehead atoms. The Morgan fingerprint density at radius 3 is 2.84 bits per heavy atom. The Balaban J connectivity index is 2.08. The summed E-state index contributed by atoms with van der Waals surface area (Å²) in [4.78, 5) is 12.8. The summed E-state index contributed by atoms with van der Waals surface area (Å²) in [7, 11) is 0. The number of rotatable bonds is 2. The van der Waals surface area contributed by atoms with Crippen LogP contribution in [0.2, 0.25) is 0 Å². The number of imidazole rings is 1. The zero-order valence-corrected chi connectivity index (χ0v) is 10.5. The van der Waals surface area contributed by atoms with E-state index in [9.17, 15) is 0 Å². The standard InChI is InChI=1S/C12H13N7/c1-7-4-14-5-9-10(7)18(8-2-3-8)12(17-9)19-11(13)15-6-16-19/h4-6,8H,2-3H2,1H3,(H2,13,15,16). The van der Waals surface area contributed by atoms with Gasteiger partial charge in [-0.1, -0.05) is 0 Å². The molecule has 1 aliphatic rings. The third kappa shape index (κ3) is 1.44. The average Bonchev–Trinajstić information content (AvgIpc) is 3.02. The number of nitrogen functional groups attached to an aromatic ring is 1. The summed E-state index contributed by atoms with van der Waals surface area (Å²) in [5.74, 6) is 1.08. The first kappa shape index (κ1) is 10.5. The maximum Gasteiger partial charge on any atom is 0.235 e. The van der Waals surface area contributed by atoms with Crippen LogP contribution in [0, 0.1) is 6.92 Å². The van der Waals surface area contributed by atoms with Crippen molar-refractivity contribution in [3.8, 4) is 5.95 Å². The first-order valence-electron chi connectivity index (χ1n) is 6.24. The highest BCUT2D eigenvalue weighted by Crippen LogP contribution is 2.40. The van der Waals surface area contributed by atoms with E-state index in [0.717, 1.165) is 35.4 Å². The van der Waals surface area contributed by atoms with Gasteiger partial charge < -0.3 is 10.3 Å². The van der Waals surface area contributed by atoms with Crippen molar-refractivity contribution >= 4 is 17.0 Å². The molecule has 96 valence electrons. The molecular formula is C12H13N7. The average molecular weight is 255 g/mol. The van der Waals surface area contributed by atoms with E-state index in [1.165, 1.54) is 6.33 Å². The van der Waals surface area contributed by atoms with Gasteiger partial charge in [-0.2, -0.15) is 14.8 Å². The second-order valence-electron chi connectivity index (χ2n) is 4.87. The lowest BCUT2D eigenvalue weighted by molar-refractivity contribution is 0.691. The first-order valence-corrected chi connectivity index (χ1v) is 6.24. The Hall–Kier alpha value is -2.44. The molecule has 2 N–H and O–H groups in total. The second kappa shape index (κ2) is 3.53. The molecule has 0 unspecified atom stereocenters. The fourth-order valence-corrected chi connectivity index (χ4v) is 2.43. The van der Waals surface area contributed by atoms with Gasteiger partial charge >= 0.3 is 0 Å². The monoisotopic (exact) mass is 255 g/mol. The minimum Gasteiger partial charge on any atom is -0.368 e. The third-order valence-corrected chi connectivity index (χ3v) is 3.43. The molecule has 4 rings (SSSR count). The molecule has 7 nitrogen and oxygen atoms in total. The molecule has 0 saturated heterocycles. The molecule has 19 heavy (non-hydrogen) atoms. The Bertz CT molecular complexity index is 766. The predicted molar refractivity (Wildman–Crippen MR) is 69.9 cm³/mol. The summed E-state index contributed by atoms with van der Waals surface area (Å²) in [6, 6.07) is 0.477. The fourth-order valence-electron chi connectivity index (χ4n) is 2.43. The molecule has 0 atom stereocenters. The Morgan fingerprint density at radius 1 is 1.32 bits per heavy atom. The van der Waals surface area contributed by atoms with Crippen molar-refractivity contribution < 1.29 is 0 Å². The lowest BCUT2D eigenvalue weighted by Crippen LogP contribution is -2.10. The second-order valence-corrected chi connectivity index (χ2v) is 4.87. The van der Waals surface area contributed by atoms with Gasteiger partial charge in [0.15, 0.2) is 0 Å². The van der Waals surface area contributed by atoms with Crippen LogP contribution in [0.3, 0.4) is 0 Å². The Morgan fingerprint density at radius 2 is 2.16 bits per heavy atom. The van der Waals surface area contributed by atoms with Gasteiger partial charge in [0.05, 0.1) is 11.7 Å². The minimum absolute atomic E-state index is 0.350. The highest BCUT2D eigenvalue weighted by molar-refractivity contribution is 5.80. The van der Waals surface area contributed by atoms with Crippen LogP contribution in [0.4, 0.5) is 5.95 Å². The molecule has 1 fully saturated rings. The van der Waals surface area contributed by atoms with Crippen LogP contribution >= 0.6 is 0 Å². The van der Waals surface area contributed by atoms with Crippen molar-refractivity contribution in [2.24, 2.45) is 0 Å². The molecule has 7 heteroatoms. The topological polar surface area (TPSA) is 87.4 Å². The van der Waals surface area contributed by atoms with Crippen molar-refractivity contribution in [3.05, 3.63) is 24.3 Å². The van der Waals surface area contributed by atoms with E-state index in [-0.39, 0.29) is 0 Å². The molecule has 0 aromatic carbocycles. The summed E-state index contributed by atoms with van der Waals surface area (Å²) >= 11 is 0. The zero-order chi connectivity index (χ0) is 13.0. The summed E-state index contributed by atoms with van der Waals surface area (Å²) in [5, 5.41) is 4.16. The van der Waals surface area contributed by atoms with E-state index in [0.29, 0.717) is 12.0 Å². The van der Waals surface area contributed by atoms with Crippen LogP contribution in [0.1, 0.15) is 24.4 Å². The van der Waals surface area contributed by atoms with Crippen molar-refractivity contribution in [3.63, 3.8) is 0 Å². The quantitative estimate of drug-likeness (QED) is 0.744. The fraction of sp³-hybridized carbons (Fsp3) is 0.333. The number of aryl methyl sites for hydroxylation is 1. The molecule has 3 heterocycles. The van der Waals surface area contributed by atoms with E-state index in [1.807, 2.05) is 13.1 Å². The smallest absolute Gasteiger partial charge is 0.235 e. The van der Waals surface area contributed by atoms with Crippen molar-refractivity contribution in [1.29, 1.82) is 0 Å². The van der Waals surface area contributed by atoms with E-state index in [1.54, 1.807) is 10.9 Å². The molecule has 0 spiro atoms. The summed E-state index contributed by atoms with van der Waals surface area (Å²) in [6.07, 6.45) is 7.40. The maximum atomic E-state index is 5.84. The largest absolute Gasteiger partial charge is 0.368 e. The summed E-state index contributed by atoms with van der Waals surface area (Å²) in [6.45, 7) is 2.05. The molecule has 3 aromatic rings. The van der Waals surface area contributed by atoms with Gasteiger partial charge in [0, 0.05) is 12.2 Å². The van der Waals surface area contributed by atoms with Crippen LogP contribution in [0.25, 0.3) is 17.0 Å². The normalized spacial score (nSPS) is 15.2. The summed E-state index contributed by atoms with van der Waals surface area (Å²) in [5.41, 5.74) is 8.94. The number of nitrogens with zero attached hydrogens (tertiary/aromatic N) is 6. The molecule has 0 aliphatic heterocycles. The van der Waals surface area contributed by atoms with Gasteiger partial charge in [-0.3, -0.25) is 4.98 Å². The number of hydrogen-bond donors (Lipinski definition) is 1. The lowest BCUT2D eigenvalue weighted by Gasteiger charge is -2.08. The molecule has 1 saturated carbocycles. The van der Waals surface area contributed by atoms with Gasteiger partial charge in [-0.05, 0) is 25.3 Å². The van der Waals surface area contributed by atoms with Gasteiger partial charge in [-0.25, -0.2) is 4.98 Å². The van der Waals surface area contributed by atoms with Gasteiger partial charge in [0.1, 0.15) is 11.8 Å².